The molecule has 21 heavy (non-hydrogen) atoms. The molecule has 4 nitrogen and oxygen atoms in total. The van der Waals surface area contributed by atoms with Crippen LogP contribution in [0.4, 0.5) is 0 Å². The molecule has 1 atom stereocenters. The van der Waals surface area contributed by atoms with Crippen LogP contribution < -0.4 is 0 Å². The Kier molecular flexibility index (Phi) is 3.95. The Balaban J connectivity index is 1.79. The number of benzene rings is 1. The van der Waals surface area contributed by atoms with Gasteiger partial charge in [0.25, 0.3) is 0 Å². The van der Waals surface area contributed by atoms with Crippen molar-refractivity contribution >= 4 is 12.1 Å². The van der Waals surface area contributed by atoms with Crippen molar-refractivity contribution < 1.29 is 0 Å². The highest BCUT2D eigenvalue weighted by atomic mass is 15.0. The van der Waals surface area contributed by atoms with Gasteiger partial charge in [-0.3, -0.25) is 4.99 Å². The molecule has 1 aliphatic heterocycles. The predicted molar refractivity (Wildman–Crippen MR) is 85.7 cm³/mol. The number of aliphatic imine (C=N–C) groups is 2. The molecule has 107 valence electrons. The van der Waals surface area contributed by atoms with Gasteiger partial charge in [0.1, 0.15) is 11.4 Å². The number of aryl methyl sites for hydroxylation is 1. The van der Waals surface area contributed by atoms with Crippen LogP contribution in [-0.4, -0.2) is 27.6 Å². The Morgan fingerprint density at radius 3 is 2.71 bits per heavy atom. The van der Waals surface area contributed by atoms with Gasteiger partial charge in [0, 0.05) is 25.3 Å². The first-order valence-corrected chi connectivity index (χ1v) is 7.24. The van der Waals surface area contributed by atoms with E-state index in [9.17, 15) is 0 Å². The number of aromatic nitrogens is 2. The molecule has 3 rings (SSSR count). The summed E-state index contributed by atoms with van der Waals surface area (Å²) in [5, 5.41) is 0. The average molecular weight is 279 g/mol. The first kappa shape index (κ1) is 13.7. The van der Waals surface area contributed by atoms with E-state index in [2.05, 4.69) is 46.1 Å². The molecule has 0 amide bonds. The molecule has 1 aromatic carbocycles. The second-order valence-electron chi connectivity index (χ2n) is 5.36. The van der Waals surface area contributed by atoms with Gasteiger partial charge in [-0.15, -0.1) is 0 Å². The number of amidine groups is 1. The maximum absolute atomic E-state index is 4.83. The van der Waals surface area contributed by atoms with Gasteiger partial charge in [0.15, 0.2) is 0 Å². The highest BCUT2D eigenvalue weighted by molar-refractivity contribution is 5.98. The number of imidazole rings is 1. The summed E-state index contributed by atoms with van der Waals surface area (Å²) in [5.41, 5.74) is 2.09. The average Bonchev–Trinajstić information content (AvgIpc) is 3.16. The van der Waals surface area contributed by atoms with Gasteiger partial charge < -0.3 is 4.98 Å². The molecule has 0 fully saturated rings. The lowest BCUT2D eigenvalue weighted by atomic mass is 9.88. The zero-order valence-corrected chi connectivity index (χ0v) is 12.0. The third-order valence-corrected chi connectivity index (χ3v) is 3.75. The van der Waals surface area contributed by atoms with Crippen LogP contribution in [0.5, 0.6) is 0 Å². The minimum atomic E-state index is -0.257. The zero-order chi connectivity index (χ0) is 14.5. The van der Waals surface area contributed by atoms with Gasteiger partial charge in [0.05, 0.1) is 12.0 Å². The number of hydrogen-bond acceptors (Lipinski definition) is 3. The predicted octanol–water partition coefficient (Wildman–Crippen LogP) is 3.03. The third-order valence-electron chi connectivity index (χ3n) is 3.75. The van der Waals surface area contributed by atoms with Crippen LogP contribution in [0.2, 0.25) is 0 Å². The number of aromatic amines is 1. The van der Waals surface area contributed by atoms with Crippen LogP contribution in [0.15, 0.2) is 52.8 Å². The molecule has 1 aliphatic rings. The van der Waals surface area contributed by atoms with Gasteiger partial charge >= 0.3 is 0 Å². The first-order valence-electron chi connectivity index (χ1n) is 7.24. The van der Waals surface area contributed by atoms with Crippen molar-refractivity contribution in [1.82, 2.24) is 9.97 Å². The molecule has 4 heteroatoms. The van der Waals surface area contributed by atoms with E-state index in [0.717, 1.165) is 30.8 Å². The monoisotopic (exact) mass is 279 g/mol. The molecule has 1 radical (unpaired) electrons. The third kappa shape index (κ3) is 3.27. The summed E-state index contributed by atoms with van der Waals surface area (Å²) >= 11 is 0. The van der Waals surface area contributed by atoms with E-state index in [1.807, 2.05) is 18.5 Å². The van der Waals surface area contributed by atoms with Crippen LogP contribution in [0, 0.1) is 6.92 Å². The fourth-order valence-corrected chi connectivity index (χ4v) is 2.65. The first-order chi connectivity index (χ1) is 10.3. The van der Waals surface area contributed by atoms with Crippen molar-refractivity contribution in [3.05, 3.63) is 61.0 Å². The van der Waals surface area contributed by atoms with Crippen LogP contribution in [0.3, 0.4) is 0 Å². The van der Waals surface area contributed by atoms with Gasteiger partial charge in [0.2, 0.25) is 0 Å². The van der Waals surface area contributed by atoms with Crippen molar-refractivity contribution in [3.8, 4) is 0 Å². The Labute approximate surface area is 125 Å². The molecule has 0 saturated carbocycles. The fraction of sp³-hybridized carbons (Fsp3) is 0.294. The Morgan fingerprint density at radius 1 is 1.19 bits per heavy atom. The second kappa shape index (κ2) is 6.04. The maximum atomic E-state index is 4.83. The molecule has 0 spiro atoms. The number of nitrogens with zero attached hydrogens (tertiary/aromatic N) is 3. The van der Waals surface area contributed by atoms with Crippen molar-refractivity contribution in [2.24, 2.45) is 9.98 Å². The van der Waals surface area contributed by atoms with E-state index >= 15 is 0 Å². The topological polar surface area (TPSA) is 53.4 Å². The van der Waals surface area contributed by atoms with Crippen molar-refractivity contribution in [1.29, 1.82) is 0 Å². The summed E-state index contributed by atoms with van der Waals surface area (Å²) in [6, 6.07) is 10.4. The highest BCUT2D eigenvalue weighted by Gasteiger charge is 2.31. The number of nitrogens with one attached hydrogen (secondary N) is 1. The highest BCUT2D eigenvalue weighted by Crippen LogP contribution is 2.26. The molecule has 0 saturated heterocycles. The van der Waals surface area contributed by atoms with Crippen molar-refractivity contribution in [2.75, 3.05) is 0 Å². The molecule has 1 aromatic heterocycles. The molecule has 2 heterocycles. The van der Waals surface area contributed by atoms with Gasteiger partial charge in [-0.2, -0.15) is 0 Å². The summed E-state index contributed by atoms with van der Waals surface area (Å²) < 4.78 is 0. The molecule has 1 N–H and O–H groups in total. The molecular weight excluding hydrogens is 260 g/mol. The molecule has 0 aliphatic carbocycles. The van der Waals surface area contributed by atoms with Gasteiger partial charge in [-0.1, -0.05) is 30.3 Å². The van der Waals surface area contributed by atoms with E-state index in [0.29, 0.717) is 6.42 Å². The standard InChI is InChI=1S/C17H19N4/c1-2-16-19-12-17(21-16,9-8-15-11-18-13-20-15)10-14-6-4-3-5-7-14/h3-7,11-13H,1-2,8-10H2,(H,18,20). The normalized spacial score (nSPS) is 20.7. The summed E-state index contributed by atoms with van der Waals surface area (Å²) in [7, 11) is 0. The summed E-state index contributed by atoms with van der Waals surface area (Å²) in [6.07, 6.45) is 8.94. The smallest absolute Gasteiger partial charge is 0.123 e. The lowest BCUT2D eigenvalue weighted by Crippen LogP contribution is -2.30. The summed E-state index contributed by atoms with van der Waals surface area (Å²) in [6.45, 7) is 3.89. The van der Waals surface area contributed by atoms with Gasteiger partial charge in [-0.25, -0.2) is 9.98 Å². The van der Waals surface area contributed by atoms with Crippen LogP contribution in [0.1, 0.15) is 24.1 Å². The SMILES string of the molecule is [CH2]CC1=NC(CCc2c[nH]cn2)(Cc2ccccc2)C=N1. The molecule has 2 aromatic rings. The van der Waals surface area contributed by atoms with Crippen molar-refractivity contribution in [2.45, 2.75) is 31.2 Å². The molecule has 0 bridgehead atoms. The largest absolute Gasteiger partial charge is 0.351 e. The minimum absolute atomic E-state index is 0.257. The fourth-order valence-electron chi connectivity index (χ4n) is 2.65. The van der Waals surface area contributed by atoms with E-state index < -0.39 is 0 Å². The van der Waals surface area contributed by atoms with Crippen LogP contribution in [-0.2, 0) is 12.8 Å². The van der Waals surface area contributed by atoms with E-state index in [1.54, 1.807) is 6.33 Å². The van der Waals surface area contributed by atoms with Gasteiger partial charge in [-0.05, 0) is 25.3 Å². The van der Waals surface area contributed by atoms with Crippen LogP contribution >= 0.6 is 0 Å². The lowest BCUT2D eigenvalue weighted by molar-refractivity contribution is 0.533. The number of hydrogen-bond donors (Lipinski definition) is 1. The summed E-state index contributed by atoms with van der Waals surface area (Å²) in [4.78, 5) is 16.6. The Morgan fingerprint density at radius 2 is 2.05 bits per heavy atom. The molecular formula is C17H19N4. The van der Waals surface area contributed by atoms with Crippen molar-refractivity contribution in [3.63, 3.8) is 0 Å². The minimum Gasteiger partial charge on any atom is -0.351 e. The van der Waals surface area contributed by atoms with E-state index in [1.165, 1.54) is 5.56 Å². The Hall–Kier alpha value is -2.23. The van der Waals surface area contributed by atoms with Crippen LogP contribution in [0.25, 0.3) is 0 Å². The summed E-state index contributed by atoms with van der Waals surface area (Å²) in [5.74, 6) is 0.841. The number of rotatable bonds is 6. The quantitative estimate of drug-likeness (QED) is 0.868. The number of H-pyrrole nitrogens is 1. The second-order valence-corrected chi connectivity index (χ2v) is 5.36. The lowest BCUT2D eigenvalue weighted by Gasteiger charge is -2.23. The van der Waals surface area contributed by atoms with E-state index in [-0.39, 0.29) is 5.54 Å². The Bertz CT molecular complexity index is 628. The zero-order valence-electron chi connectivity index (χ0n) is 12.0. The maximum Gasteiger partial charge on any atom is 0.123 e. The van der Waals surface area contributed by atoms with E-state index in [4.69, 9.17) is 4.99 Å². The molecule has 1 unspecified atom stereocenters.